The second-order valence-corrected chi connectivity index (χ2v) is 5.47. The van der Waals surface area contributed by atoms with Crippen LogP contribution in [0.15, 0.2) is 12.1 Å². The number of nitrogens with one attached hydrogen (secondary N) is 1. The summed E-state index contributed by atoms with van der Waals surface area (Å²) in [5, 5.41) is 12.0. The number of rotatable bonds is 7. The first-order valence-corrected chi connectivity index (χ1v) is 7.36. The van der Waals surface area contributed by atoms with Crippen molar-refractivity contribution in [3.05, 3.63) is 28.3 Å². The Morgan fingerprint density at radius 3 is 2.81 bits per heavy atom. The number of amides is 1. The maximum absolute atomic E-state index is 11.7. The Morgan fingerprint density at radius 1 is 1.29 bits per heavy atom. The first kappa shape index (κ1) is 15.6. The lowest BCUT2D eigenvalue weighted by molar-refractivity contribution is -0.137. The molecule has 1 aliphatic heterocycles. The van der Waals surface area contributed by atoms with Gasteiger partial charge in [-0.25, -0.2) is 0 Å². The van der Waals surface area contributed by atoms with Crippen molar-refractivity contribution in [2.75, 3.05) is 6.61 Å². The number of fused-ring (bicyclic) bond motifs is 1. The lowest BCUT2D eigenvalue weighted by Gasteiger charge is -2.10. The van der Waals surface area contributed by atoms with E-state index in [9.17, 15) is 9.59 Å². The smallest absolute Gasteiger partial charge is 0.303 e. The van der Waals surface area contributed by atoms with Crippen LogP contribution in [0.4, 0.5) is 0 Å². The highest BCUT2D eigenvalue weighted by atomic mass is 35.5. The van der Waals surface area contributed by atoms with Crippen molar-refractivity contribution in [2.45, 2.75) is 38.6 Å². The van der Waals surface area contributed by atoms with Crippen molar-refractivity contribution in [2.24, 2.45) is 0 Å². The zero-order valence-electron chi connectivity index (χ0n) is 11.7. The van der Waals surface area contributed by atoms with Crippen LogP contribution in [0.1, 0.15) is 36.8 Å². The van der Waals surface area contributed by atoms with Crippen LogP contribution in [0, 0.1) is 0 Å². The Hall–Kier alpha value is -1.75. The fourth-order valence-corrected chi connectivity index (χ4v) is 2.58. The molecule has 0 radical (unpaired) electrons. The van der Waals surface area contributed by atoms with Gasteiger partial charge in [-0.15, -0.1) is 0 Å². The molecule has 0 fully saturated rings. The van der Waals surface area contributed by atoms with Gasteiger partial charge >= 0.3 is 5.97 Å². The molecular formula is C15H18ClNO4. The summed E-state index contributed by atoms with van der Waals surface area (Å²) in [5.74, 6) is -0.0975. The summed E-state index contributed by atoms with van der Waals surface area (Å²) in [6.45, 7) is 1.02. The summed E-state index contributed by atoms with van der Waals surface area (Å²) in [4.78, 5) is 22.1. The van der Waals surface area contributed by atoms with Gasteiger partial charge in [0.15, 0.2) is 0 Å². The number of carboxylic acid groups (broad SMARTS) is 1. The topological polar surface area (TPSA) is 75.6 Å². The van der Waals surface area contributed by atoms with Crippen LogP contribution < -0.4 is 10.1 Å². The minimum absolute atomic E-state index is 0.0906. The third-order valence-corrected chi connectivity index (χ3v) is 3.56. The van der Waals surface area contributed by atoms with E-state index in [-0.39, 0.29) is 12.3 Å². The van der Waals surface area contributed by atoms with Crippen molar-refractivity contribution in [3.63, 3.8) is 0 Å². The Morgan fingerprint density at radius 2 is 2.05 bits per heavy atom. The van der Waals surface area contributed by atoms with Crippen LogP contribution in [-0.4, -0.2) is 23.6 Å². The predicted molar refractivity (Wildman–Crippen MR) is 78.6 cm³/mol. The standard InChI is InChI=1S/C15H18ClNO4/c16-12-7-10-5-6-21-15(10)11(8-12)9-17-13(18)3-1-2-4-14(19)20/h7-8H,1-6,9H2,(H,17,18)(H,19,20). The van der Waals surface area contributed by atoms with Crippen molar-refractivity contribution in [1.29, 1.82) is 0 Å². The second-order valence-electron chi connectivity index (χ2n) is 5.03. The molecule has 0 saturated heterocycles. The van der Waals surface area contributed by atoms with Crippen LogP contribution >= 0.6 is 11.6 Å². The second kappa shape index (κ2) is 7.31. The first-order valence-electron chi connectivity index (χ1n) is 6.99. The van der Waals surface area contributed by atoms with E-state index in [1.54, 1.807) is 6.07 Å². The molecular weight excluding hydrogens is 294 g/mol. The third kappa shape index (κ3) is 4.63. The Balaban J connectivity index is 1.81. The van der Waals surface area contributed by atoms with E-state index in [1.807, 2.05) is 6.07 Å². The molecule has 114 valence electrons. The van der Waals surface area contributed by atoms with Crippen molar-refractivity contribution in [1.82, 2.24) is 5.32 Å². The molecule has 0 saturated carbocycles. The number of carbonyl (C=O) groups is 2. The van der Waals surface area contributed by atoms with E-state index < -0.39 is 5.97 Å². The molecule has 0 aliphatic carbocycles. The van der Waals surface area contributed by atoms with Crippen molar-refractivity contribution >= 4 is 23.5 Å². The molecule has 0 spiro atoms. The molecule has 21 heavy (non-hydrogen) atoms. The first-order chi connectivity index (χ1) is 10.1. The average molecular weight is 312 g/mol. The van der Waals surface area contributed by atoms with Gasteiger partial charge in [0.1, 0.15) is 5.75 Å². The van der Waals surface area contributed by atoms with Crippen LogP contribution in [0.5, 0.6) is 5.75 Å². The Kier molecular flexibility index (Phi) is 5.44. The third-order valence-electron chi connectivity index (χ3n) is 3.35. The van der Waals surface area contributed by atoms with E-state index in [1.165, 1.54) is 0 Å². The lowest BCUT2D eigenvalue weighted by Crippen LogP contribution is -2.22. The largest absolute Gasteiger partial charge is 0.493 e. The maximum atomic E-state index is 11.7. The number of carbonyl (C=O) groups excluding carboxylic acids is 1. The van der Waals surface area contributed by atoms with E-state index in [0.717, 1.165) is 23.3 Å². The average Bonchev–Trinajstić information content (AvgIpc) is 2.88. The number of carboxylic acids is 1. The highest BCUT2D eigenvalue weighted by Gasteiger charge is 2.17. The highest BCUT2D eigenvalue weighted by molar-refractivity contribution is 6.30. The van der Waals surface area contributed by atoms with Gasteiger partial charge in [0, 0.05) is 36.4 Å². The molecule has 1 aromatic rings. The number of hydrogen-bond donors (Lipinski definition) is 2. The molecule has 0 bridgehead atoms. The van der Waals surface area contributed by atoms with Gasteiger partial charge < -0.3 is 15.2 Å². The summed E-state index contributed by atoms with van der Waals surface area (Å²) in [6.07, 6.45) is 2.35. The van der Waals surface area contributed by atoms with Gasteiger partial charge in [0.25, 0.3) is 0 Å². The fraction of sp³-hybridized carbons (Fsp3) is 0.467. The highest BCUT2D eigenvalue weighted by Crippen LogP contribution is 2.32. The van der Waals surface area contributed by atoms with E-state index in [4.69, 9.17) is 21.4 Å². The minimum atomic E-state index is -0.831. The number of benzene rings is 1. The zero-order chi connectivity index (χ0) is 15.2. The molecule has 1 heterocycles. The van der Waals surface area contributed by atoms with Crippen LogP contribution in [0.2, 0.25) is 5.02 Å². The SMILES string of the molecule is O=C(O)CCCCC(=O)NCc1cc(Cl)cc2c1OCC2. The van der Waals surface area contributed by atoms with E-state index in [2.05, 4.69) is 5.32 Å². The molecule has 2 N–H and O–H groups in total. The molecule has 0 aromatic heterocycles. The normalized spacial score (nSPS) is 12.6. The number of halogens is 1. The summed E-state index contributed by atoms with van der Waals surface area (Å²) in [5.41, 5.74) is 1.96. The quantitative estimate of drug-likeness (QED) is 0.759. The molecule has 0 unspecified atom stereocenters. The molecule has 2 rings (SSSR count). The van der Waals surface area contributed by atoms with Crippen molar-refractivity contribution in [3.8, 4) is 5.75 Å². The van der Waals surface area contributed by atoms with Crippen LogP contribution in [0.25, 0.3) is 0 Å². The summed E-state index contributed by atoms with van der Waals surface area (Å²) >= 11 is 6.05. The molecule has 1 aromatic carbocycles. The fourth-order valence-electron chi connectivity index (χ4n) is 2.32. The number of hydrogen-bond acceptors (Lipinski definition) is 3. The molecule has 1 aliphatic rings. The summed E-state index contributed by atoms with van der Waals surface area (Å²) < 4.78 is 5.57. The maximum Gasteiger partial charge on any atom is 0.303 e. The molecule has 6 heteroatoms. The van der Waals surface area contributed by atoms with Gasteiger partial charge in [-0.3, -0.25) is 9.59 Å². The monoisotopic (exact) mass is 311 g/mol. The van der Waals surface area contributed by atoms with Gasteiger partial charge in [0.2, 0.25) is 5.91 Å². The Bertz CT molecular complexity index is 545. The van der Waals surface area contributed by atoms with E-state index >= 15 is 0 Å². The van der Waals surface area contributed by atoms with Crippen molar-refractivity contribution < 1.29 is 19.4 Å². The minimum Gasteiger partial charge on any atom is -0.493 e. The Labute approximate surface area is 128 Å². The number of aliphatic carboxylic acids is 1. The number of unbranched alkanes of at least 4 members (excludes halogenated alkanes) is 1. The van der Waals surface area contributed by atoms with Gasteiger partial charge in [-0.2, -0.15) is 0 Å². The summed E-state index contributed by atoms with van der Waals surface area (Å²) in [7, 11) is 0. The van der Waals surface area contributed by atoms with Gasteiger partial charge in [0.05, 0.1) is 6.61 Å². The van der Waals surface area contributed by atoms with E-state index in [0.29, 0.717) is 37.4 Å². The number of ether oxygens (including phenoxy) is 1. The zero-order valence-corrected chi connectivity index (χ0v) is 12.4. The molecule has 0 atom stereocenters. The van der Waals surface area contributed by atoms with Crippen LogP contribution in [-0.2, 0) is 22.6 Å². The van der Waals surface area contributed by atoms with Crippen LogP contribution in [0.3, 0.4) is 0 Å². The lowest BCUT2D eigenvalue weighted by atomic mass is 10.1. The summed E-state index contributed by atoms with van der Waals surface area (Å²) in [6, 6.07) is 3.69. The van der Waals surface area contributed by atoms with Gasteiger partial charge in [-0.05, 0) is 30.5 Å². The van der Waals surface area contributed by atoms with Gasteiger partial charge in [-0.1, -0.05) is 11.6 Å². The predicted octanol–water partition coefficient (Wildman–Crippen LogP) is 2.54. The molecule has 5 nitrogen and oxygen atoms in total. The molecule has 1 amide bonds.